The molecule has 0 aliphatic heterocycles. The molecule has 0 radical (unpaired) electrons. The minimum atomic E-state index is 0.463. The number of benzene rings is 2. The highest BCUT2D eigenvalue weighted by molar-refractivity contribution is 6.30. The summed E-state index contributed by atoms with van der Waals surface area (Å²) in [5.41, 5.74) is 5.78. The van der Waals surface area contributed by atoms with Crippen LogP contribution in [0, 0.1) is 5.92 Å². The summed E-state index contributed by atoms with van der Waals surface area (Å²) < 4.78 is 0. The van der Waals surface area contributed by atoms with E-state index in [9.17, 15) is 0 Å². The van der Waals surface area contributed by atoms with Crippen molar-refractivity contribution in [3.8, 4) is 0 Å². The van der Waals surface area contributed by atoms with Gasteiger partial charge in [-0.15, -0.1) is 11.6 Å². The molecule has 1 aliphatic carbocycles. The van der Waals surface area contributed by atoms with E-state index in [2.05, 4.69) is 24.3 Å². The first-order valence-electron chi connectivity index (χ1n) is 7.65. The lowest BCUT2D eigenvalue weighted by Gasteiger charge is -2.15. The standard InChI is InChI=1S/C19H20Cl2/c20-13-16(9-14-3-1-6-19(21)12-14)10-15-7-8-17-4-2-5-18(17)11-15/h1,3,6-8,11-12,16H,2,4-5,9-10,13H2. The first kappa shape index (κ1) is 14.9. The van der Waals surface area contributed by atoms with Gasteiger partial charge in [0.1, 0.15) is 0 Å². The molecule has 0 saturated heterocycles. The maximum Gasteiger partial charge on any atom is 0.0408 e. The summed E-state index contributed by atoms with van der Waals surface area (Å²) in [4.78, 5) is 0. The Bertz CT molecular complexity index is 619. The van der Waals surface area contributed by atoms with E-state index in [0.29, 0.717) is 11.8 Å². The lowest BCUT2D eigenvalue weighted by molar-refractivity contribution is 0.583. The number of aryl methyl sites for hydroxylation is 2. The Morgan fingerprint density at radius 3 is 2.43 bits per heavy atom. The van der Waals surface area contributed by atoms with Crippen LogP contribution in [0.2, 0.25) is 5.02 Å². The zero-order valence-electron chi connectivity index (χ0n) is 12.1. The van der Waals surface area contributed by atoms with Crippen molar-refractivity contribution in [2.45, 2.75) is 32.1 Å². The molecule has 1 unspecified atom stereocenters. The molecular weight excluding hydrogens is 299 g/mol. The average Bonchev–Trinajstić information content (AvgIpc) is 2.94. The second-order valence-corrected chi connectivity index (χ2v) is 6.76. The predicted octanol–water partition coefficient (Wildman–Crippen LogP) is 5.47. The molecule has 0 nitrogen and oxygen atoms in total. The highest BCUT2D eigenvalue weighted by Gasteiger charge is 2.14. The summed E-state index contributed by atoms with van der Waals surface area (Å²) >= 11 is 12.3. The van der Waals surface area contributed by atoms with Gasteiger partial charge in [-0.2, -0.15) is 0 Å². The molecule has 2 aromatic rings. The molecule has 0 heterocycles. The van der Waals surface area contributed by atoms with Gasteiger partial charge in [-0.25, -0.2) is 0 Å². The van der Waals surface area contributed by atoms with Crippen molar-refractivity contribution < 1.29 is 0 Å². The maximum absolute atomic E-state index is 6.19. The minimum Gasteiger partial charge on any atom is -0.126 e. The van der Waals surface area contributed by atoms with Crippen LogP contribution in [0.15, 0.2) is 42.5 Å². The van der Waals surface area contributed by atoms with Crippen LogP contribution in [-0.4, -0.2) is 5.88 Å². The SMILES string of the molecule is ClCC(Cc1cccc(Cl)c1)Cc1ccc2c(c1)CCC2. The Kier molecular flexibility index (Phi) is 4.87. The van der Waals surface area contributed by atoms with Crippen molar-refractivity contribution in [3.05, 3.63) is 69.7 Å². The summed E-state index contributed by atoms with van der Waals surface area (Å²) in [6.07, 6.45) is 5.82. The molecular formula is C19H20Cl2. The van der Waals surface area contributed by atoms with E-state index in [1.54, 1.807) is 5.56 Å². The second kappa shape index (κ2) is 6.85. The molecule has 2 heteroatoms. The molecule has 0 spiro atoms. The van der Waals surface area contributed by atoms with Gasteiger partial charge in [0.15, 0.2) is 0 Å². The van der Waals surface area contributed by atoms with Crippen molar-refractivity contribution in [1.82, 2.24) is 0 Å². The fourth-order valence-corrected chi connectivity index (χ4v) is 3.70. The fourth-order valence-electron chi connectivity index (χ4n) is 3.26. The molecule has 0 amide bonds. The topological polar surface area (TPSA) is 0 Å². The van der Waals surface area contributed by atoms with Crippen LogP contribution in [-0.2, 0) is 25.7 Å². The van der Waals surface area contributed by atoms with E-state index in [1.807, 2.05) is 18.2 Å². The minimum absolute atomic E-state index is 0.463. The van der Waals surface area contributed by atoms with E-state index < -0.39 is 0 Å². The third-order valence-corrected chi connectivity index (χ3v) is 4.99. The molecule has 0 saturated carbocycles. The number of hydrogen-bond donors (Lipinski definition) is 0. The number of halogens is 2. The molecule has 1 atom stereocenters. The van der Waals surface area contributed by atoms with E-state index in [0.717, 1.165) is 17.9 Å². The lowest BCUT2D eigenvalue weighted by Crippen LogP contribution is -2.10. The van der Waals surface area contributed by atoms with Gasteiger partial charge in [-0.1, -0.05) is 41.9 Å². The zero-order valence-corrected chi connectivity index (χ0v) is 13.6. The van der Waals surface area contributed by atoms with Crippen LogP contribution in [0.3, 0.4) is 0 Å². The summed E-state index contributed by atoms with van der Waals surface area (Å²) in [6, 6.07) is 15.1. The van der Waals surface area contributed by atoms with Crippen molar-refractivity contribution >= 4 is 23.2 Å². The maximum atomic E-state index is 6.19. The van der Waals surface area contributed by atoms with Crippen LogP contribution in [0.25, 0.3) is 0 Å². The normalized spacial score (nSPS) is 15.0. The molecule has 110 valence electrons. The molecule has 21 heavy (non-hydrogen) atoms. The van der Waals surface area contributed by atoms with E-state index >= 15 is 0 Å². The second-order valence-electron chi connectivity index (χ2n) is 6.02. The Balaban J connectivity index is 1.69. The van der Waals surface area contributed by atoms with E-state index in [1.165, 1.54) is 36.0 Å². The van der Waals surface area contributed by atoms with Crippen LogP contribution in [0.4, 0.5) is 0 Å². The molecule has 0 aromatic heterocycles. The van der Waals surface area contributed by atoms with E-state index in [4.69, 9.17) is 23.2 Å². The summed E-state index contributed by atoms with van der Waals surface area (Å²) in [5, 5.41) is 0.804. The number of rotatable bonds is 5. The molecule has 0 N–H and O–H groups in total. The summed E-state index contributed by atoms with van der Waals surface area (Å²) in [6.45, 7) is 0. The third-order valence-electron chi connectivity index (χ3n) is 4.32. The molecule has 2 aromatic carbocycles. The Hall–Kier alpha value is -0.980. The van der Waals surface area contributed by atoms with Crippen molar-refractivity contribution in [2.24, 2.45) is 5.92 Å². The largest absolute Gasteiger partial charge is 0.126 e. The molecule has 0 fully saturated rings. The van der Waals surface area contributed by atoms with Gasteiger partial charge >= 0.3 is 0 Å². The van der Waals surface area contributed by atoms with Crippen molar-refractivity contribution in [3.63, 3.8) is 0 Å². The Labute approximate surface area is 137 Å². The van der Waals surface area contributed by atoms with Crippen LogP contribution in [0.5, 0.6) is 0 Å². The van der Waals surface area contributed by atoms with Crippen LogP contribution < -0.4 is 0 Å². The predicted molar refractivity (Wildman–Crippen MR) is 91.5 cm³/mol. The van der Waals surface area contributed by atoms with Crippen LogP contribution in [0.1, 0.15) is 28.7 Å². The molecule has 0 bridgehead atoms. The van der Waals surface area contributed by atoms with Gasteiger partial charge in [0.05, 0.1) is 0 Å². The van der Waals surface area contributed by atoms with Crippen LogP contribution >= 0.6 is 23.2 Å². The monoisotopic (exact) mass is 318 g/mol. The Morgan fingerprint density at radius 1 is 0.905 bits per heavy atom. The fraction of sp³-hybridized carbons (Fsp3) is 0.368. The zero-order chi connectivity index (χ0) is 14.7. The lowest BCUT2D eigenvalue weighted by atomic mass is 9.93. The Morgan fingerprint density at radius 2 is 1.67 bits per heavy atom. The smallest absolute Gasteiger partial charge is 0.0408 e. The van der Waals surface area contributed by atoms with Gasteiger partial charge in [-0.3, -0.25) is 0 Å². The van der Waals surface area contributed by atoms with Crippen molar-refractivity contribution in [2.75, 3.05) is 5.88 Å². The van der Waals surface area contributed by atoms with Gasteiger partial charge in [0.2, 0.25) is 0 Å². The molecule has 3 rings (SSSR count). The number of fused-ring (bicyclic) bond motifs is 1. The first-order valence-corrected chi connectivity index (χ1v) is 8.57. The van der Waals surface area contributed by atoms with Gasteiger partial charge in [0.25, 0.3) is 0 Å². The first-order chi connectivity index (χ1) is 10.2. The molecule has 1 aliphatic rings. The highest BCUT2D eigenvalue weighted by atomic mass is 35.5. The summed E-state index contributed by atoms with van der Waals surface area (Å²) in [7, 11) is 0. The van der Waals surface area contributed by atoms with Gasteiger partial charge in [-0.05, 0) is 72.4 Å². The summed E-state index contributed by atoms with van der Waals surface area (Å²) in [5.74, 6) is 1.15. The van der Waals surface area contributed by atoms with E-state index in [-0.39, 0.29) is 0 Å². The average molecular weight is 319 g/mol. The number of alkyl halides is 1. The number of hydrogen-bond acceptors (Lipinski definition) is 0. The highest BCUT2D eigenvalue weighted by Crippen LogP contribution is 2.25. The van der Waals surface area contributed by atoms with Gasteiger partial charge in [0, 0.05) is 10.9 Å². The van der Waals surface area contributed by atoms with Crippen molar-refractivity contribution in [1.29, 1.82) is 0 Å². The quantitative estimate of drug-likeness (QED) is 0.641. The third kappa shape index (κ3) is 3.81. The van der Waals surface area contributed by atoms with Gasteiger partial charge < -0.3 is 0 Å².